The molecule has 1 spiro atoms. The van der Waals surface area contributed by atoms with E-state index in [-0.39, 0.29) is 24.6 Å². The van der Waals surface area contributed by atoms with Crippen LogP contribution in [0, 0.1) is 12.8 Å². The molecule has 2 aliphatic heterocycles. The normalized spacial score (nSPS) is 34.1. The lowest BCUT2D eigenvalue weighted by molar-refractivity contribution is -0.250. The lowest BCUT2D eigenvalue weighted by atomic mass is 9.94. The number of rotatable bonds is 5. The molecule has 3 heterocycles. The zero-order valence-corrected chi connectivity index (χ0v) is 16.3. The van der Waals surface area contributed by atoms with Gasteiger partial charge in [0.15, 0.2) is 12.1 Å². The van der Waals surface area contributed by atoms with Crippen LogP contribution in [0.4, 0.5) is 0 Å². The summed E-state index contributed by atoms with van der Waals surface area (Å²) in [4.78, 5) is 1.32. The third kappa shape index (κ3) is 3.67. The van der Waals surface area contributed by atoms with Crippen molar-refractivity contribution in [2.24, 2.45) is 5.92 Å². The highest BCUT2D eigenvalue weighted by Crippen LogP contribution is 2.46. The van der Waals surface area contributed by atoms with Crippen molar-refractivity contribution in [3.05, 3.63) is 21.9 Å². The summed E-state index contributed by atoms with van der Waals surface area (Å²) in [6.45, 7) is 7.22. The Kier molecular flexibility index (Phi) is 5.22. The lowest BCUT2D eigenvalue weighted by Crippen LogP contribution is -2.40. The first-order valence-corrected chi connectivity index (χ1v) is 10.6. The molecule has 0 N–H and O–H groups in total. The minimum absolute atomic E-state index is 0.0481. The van der Waals surface area contributed by atoms with Crippen molar-refractivity contribution < 1.29 is 18.9 Å². The summed E-state index contributed by atoms with van der Waals surface area (Å²) in [5, 5.41) is 2.12. The Balaban J connectivity index is 1.47. The van der Waals surface area contributed by atoms with E-state index < -0.39 is 5.79 Å². The van der Waals surface area contributed by atoms with Crippen LogP contribution in [0.1, 0.15) is 62.8 Å². The highest BCUT2D eigenvalue weighted by Gasteiger charge is 2.58. The van der Waals surface area contributed by atoms with Crippen molar-refractivity contribution in [3.63, 3.8) is 0 Å². The quantitative estimate of drug-likeness (QED) is 0.751. The maximum Gasteiger partial charge on any atom is 0.190 e. The van der Waals surface area contributed by atoms with Crippen LogP contribution in [-0.2, 0) is 25.6 Å². The van der Waals surface area contributed by atoms with E-state index in [0.29, 0.717) is 12.5 Å². The van der Waals surface area contributed by atoms with E-state index in [2.05, 4.69) is 32.2 Å². The van der Waals surface area contributed by atoms with E-state index in [1.807, 2.05) is 0 Å². The Hall–Kier alpha value is -0.460. The van der Waals surface area contributed by atoms with Crippen LogP contribution in [0.2, 0.25) is 0 Å². The van der Waals surface area contributed by atoms with Crippen LogP contribution in [-0.4, -0.2) is 30.4 Å². The maximum absolute atomic E-state index is 6.47. The van der Waals surface area contributed by atoms with Crippen LogP contribution >= 0.6 is 11.3 Å². The van der Waals surface area contributed by atoms with Gasteiger partial charge in [0.2, 0.25) is 0 Å². The van der Waals surface area contributed by atoms with E-state index in [0.717, 1.165) is 19.3 Å². The van der Waals surface area contributed by atoms with Gasteiger partial charge in [-0.15, -0.1) is 11.3 Å². The fourth-order valence-corrected chi connectivity index (χ4v) is 5.04. The summed E-state index contributed by atoms with van der Waals surface area (Å²) in [6, 6.07) is 2.15. The van der Waals surface area contributed by atoms with Crippen molar-refractivity contribution in [1.29, 1.82) is 0 Å². The molecule has 2 saturated heterocycles. The molecule has 0 amide bonds. The zero-order valence-electron chi connectivity index (χ0n) is 15.5. The minimum Gasteiger partial charge on any atom is -0.368 e. The Bertz CT molecular complexity index is 578. The number of aryl methyl sites for hydroxylation is 1. The van der Waals surface area contributed by atoms with Gasteiger partial charge in [-0.2, -0.15) is 0 Å². The summed E-state index contributed by atoms with van der Waals surface area (Å²) in [5.41, 5.74) is 1.27. The molecule has 0 aromatic carbocycles. The van der Waals surface area contributed by atoms with Gasteiger partial charge < -0.3 is 18.9 Å². The monoisotopic (exact) mass is 366 g/mol. The fraction of sp³-hybridized carbons (Fsp3) is 0.800. The van der Waals surface area contributed by atoms with E-state index in [1.165, 1.54) is 29.7 Å². The first-order chi connectivity index (χ1) is 12.1. The largest absolute Gasteiger partial charge is 0.368 e. The first-order valence-electron chi connectivity index (χ1n) is 9.72. The van der Waals surface area contributed by atoms with Gasteiger partial charge in [-0.25, -0.2) is 0 Å². The highest BCUT2D eigenvalue weighted by molar-refractivity contribution is 7.10. The molecular weight excluding hydrogens is 336 g/mol. The van der Waals surface area contributed by atoms with Gasteiger partial charge in [0, 0.05) is 17.7 Å². The van der Waals surface area contributed by atoms with Gasteiger partial charge in [-0.1, -0.05) is 20.3 Å². The van der Waals surface area contributed by atoms with Crippen molar-refractivity contribution in [2.75, 3.05) is 0 Å². The molecular formula is C20H30O4S. The van der Waals surface area contributed by atoms with E-state index >= 15 is 0 Å². The molecule has 1 aromatic heterocycles. The average molecular weight is 367 g/mol. The van der Waals surface area contributed by atoms with Gasteiger partial charge in [-0.05, 0) is 49.1 Å². The number of hydrogen-bond donors (Lipinski definition) is 0. The zero-order chi connectivity index (χ0) is 17.4. The molecule has 0 radical (unpaired) electrons. The van der Waals surface area contributed by atoms with Gasteiger partial charge >= 0.3 is 0 Å². The van der Waals surface area contributed by atoms with Gasteiger partial charge in [0.25, 0.3) is 0 Å². The predicted molar refractivity (Wildman–Crippen MR) is 97.5 cm³/mol. The first kappa shape index (κ1) is 17.9. The summed E-state index contributed by atoms with van der Waals surface area (Å²) >= 11 is 1.77. The Morgan fingerprint density at radius 3 is 2.72 bits per heavy atom. The second-order valence-electron chi connectivity index (χ2n) is 8.12. The smallest absolute Gasteiger partial charge is 0.190 e. The minimum atomic E-state index is -0.420. The molecule has 4 nitrogen and oxygen atoms in total. The number of thiophene rings is 1. The SMILES string of the molecule is Cc1sccc1CO[C@@H]1[C@H]2OC3(CCCCC3)O[C@H]2O[C@@H]1CC(C)C. The Labute approximate surface area is 154 Å². The number of ether oxygens (including phenoxy) is 4. The fourth-order valence-electron chi connectivity index (χ4n) is 4.33. The second kappa shape index (κ2) is 7.28. The van der Waals surface area contributed by atoms with E-state index in [1.54, 1.807) is 11.3 Å². The molecule has 1 aromatic rings. The average Bonchev–Trinajstić information content (AvgIpc) is 3.20. The van der Waals surface area contributed by atoms with Crippen molar-refractivity contribution in [3.8, 4) is 0 Å². The molecule has 0 unspecified atom stereocenters. The maximum atomic E-state index is 6.47. The Morgan fingerprint density at radius 2 is 2.04 bits per heavy atom. The molecule has 140 valence electrons. The van der Waals surface area contributed by atoms with Gasteiger partial charge in [-0.3, -0.25) is 0 Å². The van der Waals surface area contributed by atoms with Crippen LogP contribution in [0.5, 0.6) is 0 Å². The molecule has 5 heteroatoms. The lowest BCUT2D eigenvalue weighted by Gasteiger charge is -2.34. The third-order valence-electron chi connectivity index (χ3n) is 5.67. The van der Waals surface area contributed by atoms with Crippen LogP contribution < -0.4 is 0 Å². The summed E-state index contributed by atoms with van der Waals surface area (Å²) in [6.07, 6.45) is 6.20. The van der Waals surface area contributed by atoms with Crippen molar-refractivity contribution in [2.45, 2.75) is 96.3 Å². The molecule has 25 heavy (non-hydrogen) atoms. The molecule has 0 bridgehead atoms. The Morgan fingerprint density at radius 1 is 1.24 bits per heavy atom. The second-order valence-corrected chi connectivity index (χ2v) is 9.24. The van der Waals surface area contributed by atoms with Crippen LogP contribution in [0.25, 0.3) is 0 Å². The molecule has 1 saturated carbocycles. The summed E-state index contributed by atoms with van der Waals surface area (Å²) in [7, 11) is 0. The van der Waals surface area contributed by atoms with Gasteiger partial charge in [0.05, 0.1) is 12.7 Å². The summed E-state index contributed by atoms with van der Waals surface area (Å²) < 4.78 is 25.4. The number of hydrogen-bond acceptors (Lipinski definition) is 5. The topological polar surface area (TPSA) is 36.9 Å². The van der Waals surface area contributed by atoms with Crippen molar-refractivity contribution in [1.82, 2.24) is 0 Å². The van der Waals surface area contributed by atoms with Crippen molar-refractivity contribution >= 4 is 11.3 Å². The molecule has 4 atom stereocenters. The predicted octanol–water partition coefficient (Wildman–Crippen LogP) is 4.79. The standard InChI is InChI=1S/C20H30O4S/c1-13(2)11-16-17(21-12-15-7-10-25-14(15)3)18-19(22-16)24-20(23-18)8-5-4-6-9-20/h7,10,13,16-19H,4-6,8-9,11-12H2,1-3H3/t16-,17+,18-,19-/m1/s1. The van der Waals surface area contributed by atoms with Gasteiger partial charge in [0.1, 0.15) is 12.2 Å². The summed E-state index contributed by atoms with van der Waals surface area (Å²) in [5.74, 6) is 0.137. The van der Waals surface area contributed by atoms with E-state index in [4.69, 9.17) is 18.9 Å². The number of fused-ring (bicyclic) bond motifs is 1. The molecule has 3 fully saturated rings. The molecule has 3 aliphatic rings. The van der Waals surface area contributed by atoms with E-state index in [9.17, 15) is 0 Å². The third-order valence-corrected chi connectivity index (χ3v) is 6.55. The molecule has 4 rings (SSSR count). The highest BCUT2D eigenvalue weighted by atomic mass is 32.1. The molecule has 1 aliphatic carbocycles. The van der Waals surface area contributed by atoms with Crippen LogP contribution in [0.15, 0.2) is 11.4 Å². The van der Waals surface area contributed by atoms with Crippen LogP contribution in [0.3, 0.4) is 0 Å².